The van der Waals surface area contributed by atoms with Crippen LogP contribution in [-0.4, -0.2) is 40.8 Å². The van der Waals surface area contributed by atoms with Crippen molar-refractivity contribution < 1.29 is 5.11 Å². The molecule has 2 nitrogen and oxygen atoms in total. The summed E-state index contributed by atoms with van der Waals surface area (Å²) >= 11 is 1.59. The van der Waals surface area contributed by atoms with Gasteiger partial charge in [-0.25, -0.2) is 0 Å². The Balaban J connectivity index is 0.000000671. The van der Waals surface area contributed by atoms with E-state index in [1.807, 2.05) is 20.1 Å². The standard InChI is InChI=1S/C8H17NOS.C2H6/c1-3-9-6-4-8(10,11-2)5-7-9;1-2/h10H,3-7H2,1-2H3;1-2H3. The van der Waals surface area contributed by atoms with Gasteiger partial charge in [-0.2, -0.15) is 0 Å². The van der Waals surface area contributed by atoms with Gasteiger partial charge in [0, 0.05) is 13.1 Å². The molecule has 0 aromatic carbocycles. The largest absolute Gasteiger partial charge is 0.379 e. The topological polar surface area (TPSA) is 23.5 Å². The number of hydrogen-bond acceptors (Lipinski definition) is 3. The molecule has 0 bridgehead atoms. The number of aliphatic hydroxyl groups is 1. The maximum absolute atomic E-state index is 9.83. The van der Waals surface area contributed by atoms with Crippen LogP contribution < -0.4 is 0 Å². The highest BCUT2D eigenvalue weighted by Crippen LogP contribution is 2.30. The summed E-state index contributed by atoms with van der Waals surface area (Å²) in [5.41, 5.74) is 0. The zero-order chi connectivity index (χ0) is 10.3. The van der Waals surface area contributed by atoms with Crippen LogP contribution in [-0.2, 0) is 0 Å². The highest BCUT2D eigenvalue weighted by Gasteiger charge is 2.30. The Kier molecular flexibility index (Phi) is 6.82. The molecule has 0 aliphatic carbocycles. The van der Waals surface area contributed by atoms with Crippen molar-refractivity contribution in [1.29, 1.82) is 0 Å². The predicted octanol–water partition coefficient (Wildman–Crippen LogP) is 2.18. The second-order valence-electron chi connectivity index (χ2n) is 3.08. The summed E-state index contributed by atoms with van der Waals surface area (Å²) in [7, 11) is 0. The van der Waals surface area contributed by atoms with Crippen molar-refractivity contribution in [3.8, 4) is 0 Å². The molecule has 1 heterocycles. The maximum atomic E-state index is 9.83. The van der Waals surface area contributed by atoms with Crippen molar-refractivity contribution in [2.45, 2.75) is 38.5 Å². The van der Waals surface area contributed by atoms with Crippen LogP contribution in [0.25, 0.3) is 0 Å². The molecular formula is C10H23NOS. The molecule has 0 atom stereocenters. The third-order valence-electron chi connectivity index (χ3n) is 2.46. The molecule has 1 aliphatic rings. The van der Waals surface area contributed by atoms with Crippen molar-refractivity contribution in [2.24, 2.45) is 0 Å². The van der Waals surface area contributed by atoms with Crippen molar-refractivity contribution in [3.05, 3.63) is 0 Å². The highest BCUT2D eigenvalue weighted by atomic mass is 32.2. The van der Waals surface area contributed by atoms with Gasteiger partial charge in [0.15, 0.2) is 0 Å². The molecular weight excluding hydrogens is 182 g/mol. The Morgan fingerprint density at radius 2 is 1.77 bits per heavy atom. The molecule has 1 aliphatic heterocycles. The lowest BCUT2D eigenvalue weighted by molar-refractivity contribution is 0.0570. The molecule has 1 fully saturated rings. The summed E-state index contributed by atoms with van der Waals surface area (Å²) in [5, 5.41) is 9.83. The number of rotatable bonds is 2. The van der Waals surface area contributed by atoms with E-state index in [9.17, 15) is 5.11 Å². The first-order valence-electron chi connectivity index (χ1n) is 5.20. The Hall–Kier alpha value is 0.270. The summed E-state index contributed by atoms with van der Waals surface area (Å²) in [6, 6.07) is 0. The summed E-state index contributed by atoms with van der Waals surface area (Å²) in [4.78, 5) is 1.95. The number of thioether (sulfide) groups is 1. The molecule has 0 unspecified atom stereocenters. The van der Waals surface area contributed by atoms with Gasteiger partial charge in [0.1, 0.15) is 4.93 Å². The van der Waals surface area contributed by atoms with Crippen LogP contribution in [0.3, 0.4) is 0 Å². The molecule has 0 amide bonds. The predicted molar refractivity (Wildman–Crippen MR) is 61.2 cm³/mol. The van der Waals surface area contributed by atoms with Crippen molar-refractivity contribution in [3.63, 3.8) is 0 Å². The van der Waals surface area contributed by atoms with Gasteiger partial charge in [-0.1, -0.05) is 20.8 Å². The van der Waals surface area contributed by atoms with E-state index in [1.54, 1.807) is 11.8 Å². The third-order valence-corrected chi connectivity index (χ3v) is 3.63. The van der Waals surface area contributed by atoms with Crippen LogP contribution in [0.15, 0.2) is 0 Å². The number of likely N-dealkylation sites (tertiary alicyclic amines) is 1. The zero-order valence-corrected chi connectivity index (χ0v) is 10.2. The maximum Gasteiger partial charge on any atom is 0.112 e. The van der Waals surface area contributed by atoms with Gasteiger partial charge in [0.25, 0.3) is 0 Å². The van der Waals surface area contributed by atoms with Gasteiger partial charge < -0.3 is 10.0 Å². The molecule has 80 valence electrons. The molecule has 1 rings (SSSR count). The normalized spacial score (nSPS) is 21.9. The Morgan fingerprint density at radius 1 is 1.31 bits per heavy atom. The van der Waals surface area contributed by atoms with E-state index < -0.39 is 4.93 Å². The first-order valence-corrected chi connectivity index (χ1v) is 6.42. The molecule has 13 heavy (non-hydrogen) atoms. The molecule has 1 saturated heterocycles. The average Bonchev–Trinajstić information content (AvgIpc) is 2.22. The minimum absolute atomic E-state index is 0.425. The first-order chi connectivity index (χ1) is 6.20. The second-order valence-corrected chi connectivity index (χ2v) is 4.25. The van der Waals surface area contributed by atoms with E-state index in [4.69, 9.17) is 0 Å². The van der Waals surface area contributed by atoms with Crippen molar-refractivity contribution >= 4 is 11.8 Å². The van der Waals surface area contributed by atoms with Crippen LogP contribution in [0, 0.1) is 0 Å². The van der Waals surface area contributed by atoms with E-state index >= 15 is 0 Å². The monoisotopic (exact) mass is 205 g/mol. The minimum Gasteiger partial charge on any atom is -0.379 e. The quantitative estimate of drug-likeness (QED) is 0.699. The number of piperidine rings is 1. The molecule has 0 saturated carbocycles. The lowest BCUT2D eigenvalue weighted by atomic mass is 10.1. The second kappa shape index (κ2) is 6.68. The lowest BCUT2D eigenvalue weighted by Gasteiger charge is -2.36. The molecule has 0 spiro atoms. The van der Waals surface area contributed by atoms with Gasteiger partial charge in [-0.3, -0.25) is 0 Å². The Bertz CT molecular complexity index is 122. The highest BCUT2D eigenvalue weighted by molar-refractivity contribution is 7.99. The summed E-state index contributed by atoms with van der Waals surface area (Å²) < 4.78 is 0. The number of hydrogen-bond donors (Lipinski definition) is 1. The minimum atomic E-state index is -0.425. The summed E-state index contributed by atoms with van der Waals surface area (Å²) in [5.74, 6) is 0. The van der Waals surface area contributed by atoms with Gasteiger partial charge >= 0.3 is 0 Å². The lowest BCUT2D eigenvalue weighted by Crippen LogP contribution is -2.41. The van der Waals surface area contributed by atoms with E-state index in [2.05, 4.69) is 11.8 Å². The molecule has 0 radical (unpaired) electrons. The van der Waals surface area contributed by atoms with E-state index in [0.29, 0.717) is 0 Å². The van der Waals surface area contributed by atoms with E-state index in [1.165, 1.54) is 0 Å². The Morgan fingerprint density at radius 3 is 2.08 bits per heavy atom. The average molecular weight is 205 g/mol. The van der Waals surface area contributed by atoms with Gasteiger partial charge in [0.2, 0.25) is 0 Å². The molecule has 0 aromatic rings. The fraction of sp³-hybridized carbons (Fsp3) is 1.00. The van der Waals surface area contributed by atoms with Crippen LogP contribution in [0.2, 0.25) is 0 Å². The van der Waals surface area contributed by atoms with Crippen LogP contribution in [0.1, 0.15) is 33.6 Å². The fourth-order valence-electron chi connectivity index (χ4n) is 1.42. The molecule has 3 heteroatoms. The van der Waals surface area contributed by atoms with Crippen LogP contribution in [0.5, 0.6) is 0 Å². The zero-order valence-electron chi connectivity index (χ0n) is 9.34. The van der Waals surface area contributed by atoms with Crippen molar-refractivity contribution in [1.82, 2.24) is 4.90 Å². The molecule has 1 N–H and O–H groups in total. The van der Waals surface area contributed by atoms with Gasteiger partial charge in [-0.15, -0.1) is 11.8 Å². The van der Waals surface area contributed by atoms with Crippen molar-refractivity contribution in [2.75, 3.05) is 25.9 Å². The third kappa shape index (κ3) is 4.34. The van der Waals surface area contributed by atoms with E-state index in [0.717, 1.165) is 32.5 Å². The van der Waals surface area contributed by atoms with Crippen LogP contribution >= 0.6 is 11.8 Å². The fourth-order valence-corrected chi connectivity index (χ4v) is 2.01. The van der Waals surface area contributed by atoms with E-state index in [-0.39, 0.29) is 0 Å². The van der Waals surface area contributed by atoms with Gasteiger partial charge in [-0.05, 0) is 25.6 Å². The SMILES string of the molecule is CC.CCN1CCC(O)(SC)CC1. The van der Waals surface area contributed by atoms with Crippen LogP contribution in [0.4, 0.5) is 0 Å². The molecule has 0 aromatic heterocycles. The Labute approximate surface area is 86.7 Å². The van der Waals surface area contributed by atoms with Gasteiger partial charge in [0.05, 0.1) is 0 Å². The number of nitrogens with zero attached hydrogens (tertiary/aromatic N) is 1. The summed E-state index contributed by atoms with van der Waals surface area (Å²) in [6.45, 7) is 9.38. The first kappa shape index (κ1) is 13.3. The summed E-state index contributed by atoms with van der Waals surface area (Å²) in [6.07, 6.45) is 3.83. The smallest absolute Gasteiger partial charge is 0.112 e.